The molecule has 16 heavy (non-hydrogen) atoms. The van der Waals surface area contributed by atoms with Crippen LogP contribution in [0.2, 0.25) is 0 Å². The first-order valence-corrected chi connectivity index (χ1v) is 5.49. The maximum atomic E-state index is 12.0. The number of likely N-dealkylation sites (tertiary alicyclic amines) is 1. The van der Waals surface area contributed by atoms with Crippen LogP contribution in [0.4, 0.5) is 5.82 Å². The largest absolute Gasteiger partial charge is 0.372 e. The standard InChI is InChI=1S/C11H16N4O/c1-8-3-4-15(7-8)11(16)9-5-14-10(12-2)6-13-9/h5-6,8H,3-4,7H2,1-2H3,(H,12,14). The van der Waals surface area contributed by atoms with Gasteiger partial charge in [-0.2, -0.15) is 0 Å². The Bertz CT molecular complexity index is 376. The van der Waals surface area contributed by atoms with Crippen molar-refractivity contribution in [2.45, 2.75) is 13.3 Å². The first-order valence-electron chi connectivity index (χ1n) is 5.49. The quantitative estimate of drug-likeness (QED) is 0.807. The highest BCUT2D eigenvalue weighted by Crippen LogP contribution is 2.17. The minimum Gasteiger partial charge on any atom is -0.372 e. The summed E-state index contributed by atoms with van der Waals surface area (Å²) in [5.41, 5.74) is 0.424. The SMILES string of the molecule is CNc1cnc(C(=O)N2CCC(C)C2)cn1. The fraction of sp³-hybridized carbons (Fsp3) is 0.545. The monoisotopic (exact) mass is 220 g/mol. The van der Waals surface area contributed by atoms with Crippen molar-refractivity contribution in [3.8, 4) is 0 Å². The molecule has 1 atom stereocenters. The highest BCUT2D eigenvalue weighted by atomic mass is 16.2. The van der Waals surface area contributed by atoms with Gasteiger partial charge in [-0.3, -0.25) is 4.79 Å². The molecule has 1 aromatic heterocycles. The van der Waals surface area contributed by atoms with Crippen LogP contribution >= 0.6 is 0 Å². The molecule has 5 heteroatoms. The molecule has 0 aromatic carbocycles. The summed E-state index contributed by atoms with van der Waals surface area (Å²) in [6.07, 6.45) is 4.18. The van der Waals surface area contributed by atoms with Gasteiger partial charge in [0.05, 0.1) is 12.4 Å². The van der Waals surface area contributed by atoms with E-state index in [0.717, 1.165) is 19.5 Å². The topological polar surface area (TPSA) is 58.1 Å². The zero-order chi connectivity index (χ0) is 11.5. The maximum Gasteiger partial charge on any atom is 0.274 e. The molecule has 0 radical (unpaired) electrons. The number of aromatic nitrogens is 2. The average molecular weight is 220 g/mol. The van der Waals surface area contributed by atoms with Gasteiger partial charge in [0.25, 0.3) is 5.91 Å². The molecule has 5 nitrogen and oxygen atoms in total. The van der Waals surface area contributed by atoms with Crippen molar-refractivity contribution in [2.24, 2.45) is 5.92 Å². The fourth-order valence-electron chi connectivity index (χ4n) is 1.85. The number of carbonyl (C=O) groups excluding carboxylic acids is 1. The summed E-state index contributed by atoms with van der Waals surface area (Å²) in [5.74, 6) is 1.25. The molecule has 1 aliphatic heterocycles. The van der Waals surface area contributed by atoms with Crippen molar-refractivity contribution < 1.29 is 4.79 Å². The van der Waals surface area contributed by atoms with Crippen molar-refractivity contribution in [3.63, 3.8) is 0 Å². The van der Waals surface area contributed by atoms with E-state index in [-0.39, 0.29) is 5.91 Å². The molecular formula is C11H16N4O. The van der Waals surface area contributed by atoms with E-state index in [1.165, 1.54) is 6.20 Å². The second kappa shape index (κ2) is 4.47. The summed E-state index contributed by atoms with van der Waals surface area (Å²) in [5, 5.41) is 2.87. The Labute approximate surface area is 94.9 Å². The minimum atomic E-state index is -0.0143. The number of nitrogens with zero attached hydrogens (tertiary/aromatic N) is 3. The first-order chi connectivity index (χ1) is 7.70. The van der Waals surface area contributed by atoms with Gasteiger partial charge in [0.15, 0.2) is 0 Å². The number of hydrogen-bond acceptors (Lipinski definition) is 4. The Balaban J connectivity index is 2.08. The Kier molecular flexibility index (Phi) is 3.03. The zero-order valence-corrected chi connectivity index (χ0v) is 9.60. The predicted octanol–water partition coefficient (Wildman–Crippen LogP) is 1.00. The Morgan fingerprint density at radius 2 is 2.31 bits per heavy atom. The van der Waals surface area contributed by atoms with Crippen LogP contribution in [0.25, 0.3) is 0 Å². The summed E-state index contributed by atoms with van der Waals surface area (Å²) in [6, 6.07) is 0. The van der Waals surface area contributed by atoms with Gasteiger partial charge in [0, 0.05) is 20.1 Å². The second-order valence-corrected chi connectivity index (χ2v) is 4.18. The Hall–Kier alpha value is -1.65. The third kappa shape index (κ3) is 2.13. The van der Waals surface area contributed by atoms with Gasteiger partial charge in [-0.15, -0.1) is 0 Å². The molecule has 1 N–H and O–H groups in total. The molecule has 2 rings (SSSR count). The number of anilines is 1. The molecule has 1 aliphatic rings. The summed E-state index contributed by atoms with van der Waals surface area (Å²) in [4.78, 5) is 22.0. The van der Waals surface area contributed by atoms with Crippen LogP contribution in [0.5, 0.6) is 0 Å². The second-order valence-electron chi connectivity index (χ2n) is 4.18. The van der Waals surface area contributed by atoms with E-state index < -0.39 is 0 Å². The van der Waals surface area contributed by atoms with E-state index in [9.17, 15) is 4.79 Å². The highest BCUT2D eigenvalue weighted by Gasteiger charge is 2.24. The summed E-state index contributed by atoms with van der Waals surface area (Å²) in [6.45, 7) is 3.81. The lowest BCUT2D eigenvalue weighted by Crippen LogP contribution is -2.29. The van der Waals surface area contributed by atoms with Crippen LogP contribution in [0, 0.1) is 5.92 Å². The van der Waals surface area contributed by atoms with Crippen LogP contribution in [-0.4, -0.2) is 40.9 Å². The minimum absolute atomic E-state index is 0.0143. The molecule has 0 bridgehead atoms. The van der Waals surface area contributed by atoms with Gasteiger partial charge in [-0.25, -0.2) is 9.97 Å². The number of nitrogens with one attached hydrogen (secondary N) is 1. The third-order valence-corrected chi connectivity index (χ3v) is 2.84. The number of amides is 1. The van der Waals surface area contributed by atoms with E-state index >= 15 is 0 Å². The van der Waals surface area contributed by atoms with Gasteiger partial charge < -0.3 is 10.2 Å². The van der Waals surface area contributed by atoms with E-state index in [2.05, 4.69) is 22.2 Å². The van der Waals surface area contributed by atoms with Crippen LogP contribution in [0.15, 0.2) is 12.4 Å². The van der Waals surface area contributed by atoms with Crippen molar-refractivity contribution in [2.75, 3.05) is 25.5 Å². The van der Waals surface area contributed by atoms with Gasteiger partial charge in [0.1, 0.15) is 11.5 Å². The molecule has 86 valence electrons. The summed E-state index contributed by atoms with van der Waals surface area (Å²) < 4.78 is 0. The fourth-order valence-corrected chi connectivity index (χ4v) is 1.85. The number of carbonyl (C=O) groups is 1. The molecule has 1 unspecified atom stereocenters. The smallest absolute Gasteiger partial charge is 0.274 e. The van der Waals surface area contributed by atoms with Crippen molar-refractivity contribution >= 4 is 11.7 Å². The average Bonchev–Trinajstić information content (AvgIpc) is 2.75. The van der Waals surface area contributed by atoms with Crippen LogP contribution in [-0.2, 0) is 0 Å². The van der Waals surface area contributed by atoms with Gasteiger partial charge in [-0.1, -0.05) is 6.92 Å². The molecule has 1 aromatic rings. The summed E-state index contributed by atoms with van der Waals surface area (Å²) in [7, 11) is 1.77. The lowest BCUT2D eigenvalue weighted by atomic mass is 10.2. The van der Waals surface area contributed by atoms with E-state index in [1.807, 2.05) is 4.90 Å². The van der Waals surface area contributed by atoms with E-state index in [0.29, 0.717) is 17.4 Å². The predicted molar refractivity (Wildman–Crippen MR) is 61.3 cm³/mol. The highest BCUT2D eigenvalue weighted by molar-refractivity contribution is 5.92. The maximum absolute atomic E-state index is 12.0. The molecule has 0 spiro atoms. The van der Waals surface area contributed by atoms with Crippen LogP contribution in [0.3, 0.4) is 0 Å². The molecule has 1 saturated heterocycles. The number of rotatable bonds is 2. The van der Waals surface area contributed by atoms with Gasteiger partial charge >= 0.3 is 0 Å². The molecule has 2 heterocycles. The van der Waals surface area contributed by atoms with Crippen molar-refractivity contribution in [1.29, 1.82) is 0 Å². The van der Waals surface area contributed by atoms with Gasteiger partial charge in [0.2, 0.25) is 0 Å². The Morgan fingerprint density at radius 3 is 2.81 bits per heavy atom. The molecular weight excluding hydrogens is 204 g/mol. The van der Waals surface area contributed by atoms with E-state index in [1.54, 1.807) is 13.2 Å². The lowest BCUT2D eigenvalue weighted by Gasteiger charge is -2.14. The molecule has 1 amide bonds. The molecule has 1 fully saturated rings. The van der Waals surface area contributed by atoms with Crippen LogP contribution in [0.1, 0.15) is 23.8 Å². The van der Waals surface area contributed by atoms with E-state index in [4.69, 9.17) is 0 Å². The summed E-state index contributed by atoms with van der Waals surface area (Å²) >= 11 is 0. The van der Waals surface area contributed by atoms with Crippen LogP contribution < -0.4 is 5.32 Å². The van der Waals surface area contributed by atoms with Crippen molar-refractivity contribution in [3.05, 3.63) is 18.1 Å². The molecule has 0 saturated carbocycles. The lowest BCUT2D eigenvalue weighted by molar-refractivity contribution is 0.0782. The Morgan fingerprint density at radius 1 is 1.50 bits per heavy atom. The number of hydrogen-bond donors (Lipinski definition) is 1. The zero-order valence-electron chi connectivity index (χ0n) is 9.60. The first kappa shape index (κ1) is 10.9. The molecule has 0 aliphatic carbocycles. The third-order valence-electron chi connectivity index (χ3n) is 2.84. The van der Waals surface area contributed by atoms with Crippen molar-refractivity contribution in [1.82, 2.24) is 14.9 Å². The van der Waals surface area contributed by atoms with Gasteiger partial charge in [-0.05, 0) is 12.3 Å². The normalized spacial score (nSPS) is 19.9.